The van der Waals surface area contributed by atoms with E-state index in [2.05, 4.69) is 11.8 Å². The van der Waals surface area contributed by atoms with E-state index in [0.717, 1.165) is 11.1 Å². The van der Waals surface area contributed by atoms with Crippen molar-refractivity contribution in [3.63, 3.8) is 0 Å². The van der Waals surface area contributed by atoms with E-state index in [4.69, 9.17) is 11.6 Å². The van der Waals surface area contributed by atoms with Crippen LogP contribution in [0.15, 0.2) is 65.7 Å². The molecule has 0 aliphatic carbocycles. The van der Waals surface area contributed by atoms with Crippen LogP contribution in [0.25, 0.3) is 6.08 Å². The van der Waals surface area contributed by atoms with Crippen molar-refractivity contribution in [1.29, 1.82) is 0 Å². The second kappa shape index (κ2) is 6.80. The van der Waals surface area contributed by atoms with Gasteiger partial charge >= 0.3 is 0 Å². The highest BCUT2D eigenvalue weighted by atomic mass is 35.5. The summed E-state index contributed by atoms with van der Waals surface area (Å²) in [5.74, 6) is 5.61. The van der Waals surface area contributed by atoms with Gasteiger partial charge in [-0.05, 0) is 23.8 Å². The molecule has 0 aliphatic rings. The predicted molar refractivity (Wildman–Crippen MR) is 79.6 cm³/mol. The minimum Gasteiger partial charge on any atom is -0.375 e. The van der Waals surface area contributed by atoms with Gasteiger partial charge in [0.15, 0.2) is 6.10 Å². The van der Waals surface area contributed by atoms with Crippen molar-refractivity contribution < 1.29 is 5.11 Å². The molecule has 0 radical (unpaired) electrons. The van der Waals surface area contributed by atoms with E-state index < -0.39 is 6.10 Å². The molecule has 1 N–H and O–H groups in total. The molecular weight excluding hydrogens is 256 g/mol. The molecule has 0 spiro atoms. The van der Waals surface area contributed by atoms with Crippen LogP contribution in [0.2, 0.25) is 0 Å². The molecule has 0 heterocycles. The Hall–Kier alpha value is -2.01. The van der Waals surface area contributed by atoms with Crippen LogP contribution in [-0.2, 0) is 0 Å². The van der Waals surface area contributed by atoms with E-state index >= 15 is 0 Å². The quantitative estimate of drug-likeness (QED) is 0.824. The molecule has 2 aromatic carbocycles. The minimum absolute atomic E-state index is 0.314. The second-order valence-corrected chi connectivity index (χ2v) is 4.41. The van der Waals surface area contributed by atoms with E-state index in [1.165, 1.54) is 0 Å². The monoisotopic (exact) mass is 268 g/mol. The topological polar surface area (TPSA) is 20.2 Å². The van der Waals surface area contributed by atoms with Gasteiger partial charge in [-0.2, -0.15) is 0 Å². The molecular formula is C17H13ClO. The van der Waals surface area contributed by atoms with Crippen molar-refractivity contribution >= 4 is 17.7 Å². The van der Waals surface area contributed by atoms with Crippen molar-refractivity contribution in [3.8, 4) is 11.8 Å². The number of benzene rings is 2. The maximum absolute atomic E-state index is 9.87. The molecule has 0 saturated heterocycles. The van der Waals surface area contributed by atoms with Crippen molar-refractivity contribution in [1.82, 2.24) is 0 Å². The molecule has 2 rings (SSSR count). The average molecular weight is 269 g/mol. The molecule has 0 amide bonds. The Kier molecular flexibility index (Phi) is 4.80. The molecule has 0 fully saturated rings. The van der Waals surface area contributed by atoms with Crippen LogP contribution in [0.1, 0.15) is 11.1 Å². The highest BCUT2D eigenvalue weighted by Crippen LogP contribution is 2.13. The van der Waals surface area contributed by atoms with Crippen LogP contribution in [0.3, 0.4) is 0 Å². The van der Waals surface area contributed by atoms with Gasteiger partial charge in [0.25, 0.3) is 0 Å². The summed E-state index contributed by atoms with van der Waals surface area (Å²) in [6, 6.07) is 19.1. The first kappa shape index (κ1) is 13.4. The Morgan fingerprint density at radius 3 is 2.21 bits per heavy atom. The maximum atomic E-state index is 9.87. The van der Waals surface area contributed by atoms with E-state index in [9.17, 15) is 5.11 Å². The largest absolute Gasteiger partial charge is 0.375 e. The molecule has 0 saturated carbocycles. The molecule has 0 aliphatic heterocycles. The Bertz CT molecular complexity index is 606. The number of hydrogen-bond acceptors (Lipinski definition) is 1. The lowest BCUT2D eigenvalue weighted by atomic mass is 10.1. The van der Waals surface area contributed by atoms with Crippen molar-refractivity contribution in [2.45, 2.75) is 6.10 Å². The molecule has 19 heavy (non-hydrogen) atoms. The van der Waals surface area contributed by atoms with Crippen molar-refractivity contribution in [2.75, 3.05) is 0 Å². The molecule has 1 atom stereocenters. The van der Waals surface area contributed by atoms with E-state index in [1.54, 1.807) is 6.08 Å². The average Bonchev–Trinajstić information content (AvgIpc) is 2.47. The maximum Gasteiger partial charge on any atom is 0.151 e. The molecule has 94 valence electrons. The molecule has 1 nitrogen and oxygen atoms in total. The van der Waals surface area contributed by atoms with Gasteiger partial charge in [0, 0.05) is 5.56 Å². The second-order valence-electron chi connectivity index (χ2n) is 3.98. The minimum atomic E-state index is -0.970. The zero-order valence-electron chi connectivity index (χ0n) is 10.3. The van der Waals surface area contributed by atoms with Crippen molar-refractivity contribution in [3.05, 3.63) is 76.8 Å². The Balaban J connectivity index is 2.10. The van der Waals surface area contributed by atoms with Crippen LogP contribution in [0, 0.1) is 11.8 Å². The van der Waals surface area contributed by atoms with Crippen LogP contribution in [-0.4, -0.2) is 11.2 Å². The van der Waals surface area contributed by atoms with E-state index in [-0.39, 0.29) is 0 Å². The summed E-state index contributed by atoms with van der Waals surface area (Å²) in [4.78, 5) is 0. The fraction of sp³-hybridized carbons (Fsp3) is 0.0588. The van der Waals surface area contributed by atoms with Gasteiger partial charge < -0.3 is 5.11 Å². The fourth-order valence-corrected chi connectivity index (χ4v) is 1.71. The SMILES string of the molecule is O[C@H](C#Cc1ccccc1)C(Cl)=Cc1ccccc1. The summed E-state index contributed by atoms with van der Waals surface area (Å²) < 4.78 is 0. The summed E-state index contributed by atoms with van der Waals surface area (Å²) >= 11 is 6.04. The third kappa shape index (κ3) is 4.30. The third-order valence-electron chi connectivity index (χ3n) is 2.49. The van der Waals surface area contributed by atoms with Crippen LogP contribution >= 0.6 is 11.6 Å². The Morgan fingerprint density at radius 2 is 1.58 bits per heavy atom. The summed E-state index contributed by atoms with van der Waals surface area (Å²) in [5, 5.41) is 10.2. The van der Waals surface area contributed by atoms with Gasteiger partial charge in [0.1, 0.15) is 0 Å². The molecule has 0 aromatic heterocycles. The summed E-state index contributed by atoms with van der Waals surface area (Å²) in [6.45, 7) is 0. The summed E-state index contributed by atoms with van der Waals surface area (Å²) in [5.41, 5.74) is 1.79. The standard InChI is InChI=1S/C17H13ClO/c18-16(13-15-9-5-2-6-10-15)17(19)12-11-14-7-3-1-4-8-14/h1-10,13,17,19H/t17-/m1/s1. The normalized spacial score (nSPS) is 12.4. The van der Waals surface area contributed by atoms with E-state index in [0.29, 0.717) is 5.03 Å². The first-order valence-electron chi connectivity index (χ1n) is 5.92. The smallest absolute Gasteiger partial charge is 0.151 e. The van der Waals surface area contributed by atoms with Gasteiger partial charge in [-0.1, -0.05) is 72.0 Å². The first-order valence-corrected chi connectivity index (χ1v) is 6.30. The Morgan fingerprint density at radius 1 is 1.00 bits per heavy atom. The highest BCUT2D eigenvalue weighted by molar-refractivity contribution is 6.32. The number of halogens is 1. The van der Waals surface area contributed by atoms with Gasteiger partial charge in [-0.15, -0.1) is 0 Å². The Labute approximate surface area is 118 Å². The zero-order chi connectivity index (χ0) is 13.5. The summed E-state index contributed by atoms with van der Waals surface area (Å²) in [7, 11) is 0. The predicted octanol–water partition coefficient (Wildman–Crippen LogP) is 3.68. The lowest BCUT2D eigenvalue weighted by Crippen LogP contribution is -2.02. The van der Waals surface area contributed by atoms with Crippen LogP contribution in [0.4, 0.5) is 0 Å². The number of aliphatic hydroxyl groups excluding tert-OH is 1. The van der Waals surface area contributed by atoms with Gasteiger partial charge in [-0.25, -0.2) is 0 Å². The number of hydrogen-bond donors (Lipinski definition) is 1. The number of rotatable bonds is 2. The molecule has 0 unspecified atom stereocenters. The van der Waals surface area contributed by atoms with Crippen molar-refractivity contribution in [2.24, 2.45) is 0 Å². The highest BCUT2D eigenvalue weighted by Gasteiger charge is 2.04. The third-order valence-corrected chi connectivity index (χ3v) is 2.81. The van der Waals surface area contributed by atoms with Gasteiger partial charge in [-0.3, -0.25) is 0 Å². The summed E-state index contributed by atoms with van der Waals surface area (Å²) in [6.07, 6.45) is 0.744. The first-order chi connectivity index (χ1) is 9.25. The zero-order valence-corrected chi connectivity index (χ0v) is 11.0. The van der Waals surface area contributed by atoms with E-state index in [1.807, 2.05) is 60.7 Å². The lowest BCUT2D eigenvalue weighted by Gasteiger charge is -2.01. The van der Waals surface area contributed by atoms with Gasteiger partial charge in [0.05, 0.1) is 5.03 Å². The van der Waals surface area contributed by atoms with Crippen LogP contribution < -0.4 is 0 Å². The molecule has 2 heteroatoms. The molecule has 0 bridgehead atoms. The molecule has 2 aromatic rings. The van der Waals surface area contributed by atoms with Gasteiger partial charge in [0.2, 0.25) is 0 Å². The number of aliphatic hydroxyl groups is 1. The fourth-order valence-electron chi connectivity index (χ4n) is 1.53. The lowest BCUT2D eigenvalue weighted by molar-refractivity contribution is 0.277. The van der Waals surface area contributed by atoms with Crippen LogP contribution in [0.5, 0.6) is 0 Å².